The molecule has 0 saturated carbocycles. The van der Waals surface area contributed by atoms with Crippen LogP contribution in [-0.2, 0) is 14.3 Å². The third-order valence-electron chi connectivity index (χ3n) is 5.28. The minimum absolute atomic E-state index is 0.118. The second kappa shape index (κ2) is 16.1. The van der Waals surface area contributed by atoms with E-state index in [0.29, 0.717) is 6.42 Å². The maximum absolute atomic E-state index is 12.0. The molecule has 4 heteroatoms. The van der Waals surface area contributed by atoms with Crippen molar-refractivity contribution in [2.45, 2.75) is 97.0 Å². The quantitative estimate of drug-likeness (QED) is 0.143. The lowest BCUT2D eigenvalue weighted by Crippen LogP contribution is -2.52. The molecule has 0 rings (SSSR count). The molecule has 4 nitrogen and oxygen atoms in total. The zero-order chi connectivity index (χ0) is 21.3. The van der Waals surface area contributed by atoms with Crippen molar-refractivity contribution < 1.29 is 14.3 Å². The number of ether oxygens (including phenoxy) is 1. The first-order valence-corrected chi connectivity index (χ1v) is 10.9. The number of carbonyl (C=O) groups is 2. The maximum Gasteiger partial charge on any atom is 0.331 e. The summed E-state index contributed by atoms with van der Waals surface area (Å²) < 4.78 is 5.37. The molecule has 0 fully saturated rings. The van der Waals surface area contributed by atoms with Crippen LogP contribution in [0, 0.1) is 5.92 Å². The summed E-state index contributed by atoms with van der Waals surface area (Å²) in [6.45, 7) is 9.37. The van der Waals surface area contributed by atoms with Crippen molar-refractivity contribution in [2.24, 2.45) is 11.7 Å². The molecule has 0 bridgehead atoms. The molecular formula is C24H41NO3. The fourth-order valence-electron chi connectivity index (χ4n) is 3.35. The smallest absolute Gasteiger partial charge is 0.331 e. The standard InChI is InChI=1S/C24H41NO3/c1-5-8-9-10-11-12-13-14-15-16-17-18-19-20-21(4)24(7-3,23(25)27)28-22(26)6-2/h6,11-12,14-15,21H,2,5,7-10,13,16-20H2,1,3-4H3,(H2,25,27)/b12-11-,15-14-. The molecule has 2 N–H and O–H groups in total. The molecule has 0 aromatic heterocycles. The van der Waals surface area contributed by atoms with E-state index in [9.17, 15) is 9.59 Å². The van der Waals surface area contributed by atoms with E-state index in [0.717, 1.165) is 44.6 Å². The fraction of sp³-hybridized carbons (Fsp3) is 0.667. The SMILES string of the molecule is C=CC(=O)OC(CC)(C(N)=O)C(C)CCCCC/C=C\C/C=C\CCCCC. The first-order valence-electron chi connectivity index (χ1n) is 10.9. The Hall–Kier alpha value is -1.84. The lowest BCUT2D eigenvalue weighted by molar-refractivity contribution is -0.169. The highest BCUT2D eigenvalue weighted by Gasteiger charge is 2.43. The summed E-state index contributed by atoms with van der Waals surface area (Å²) in [4.78, 5) is 23.6. The molecule has 0 aromatic carbocycles. The monoisotopic (exact) mass is 391 g/mol. The van der Waals surface area contributed by atoms with E-state index < -0.39 is 17.5 Å². The number of allylic oxidation sites excluding steroid dienone is 4. The average molecular weight is 392 g/mol. The highest BCUT2D eigenvalue weighted by molar-refractivity contribution is 5.89. The fourth-order valence-corrected chi connectivity index (χ4v) is 3.35. The molecule has 1 amide bonds. The summed E-state index contributed by atoms with van der Waals surface area (Å²) in [7, 11) is 0. The largest absolute Gasteiger partial charge is 0.446 e. The zero-order valence-corrected chi connectivity index (χ0v) is 18.3. The van der Waals surface area contributed by atoms with Crippen LogP contribution in [-0.4, -0.2) is 17.5 Å². The number of nitrogens with two attached hydrogens (primary N) is 1. The second-order valence-electron chi connectivity index (χ2n) is 7.45. The van der Waals surface area contributed by atoms with Crippen LogP contribution in [0.2, 0.25) is 0 Å². The molecule has 2 atom stereocenters. The predicted octanol–water partition coefficient (Wildman–Crippen LogP) is 6.02. The molecule has 0 spiro atoms. The molecule has 0 aromatic rings. The lowest BCUT2D eigenvalue weighted by Gasteiger charge is -2.34. The Morgan fingerprint density at radius 2 is 1.61 bits per heavy atom. The van der Waals surface area contributed by atoms with Gasteiger partial charge in [0.15, 0.2) is 5.60 Å². The van der Waals surface area contributed by atoms with Crippen LogP contribution in [0.4, 0.5) is 0 Å². The van der Waals surface area contributed by atoms with E-state index in [1.807, 2.05) is 13.8 Å². The Bertz CT molecular complexity index is 510. The molecule has 0 aliphatic rings. The van der Waals surface area contributed by atoms with Gasteiger partial charge in [-0.2, -0.15) is 0 Å². The van der Waals surface area contributed by atoms with Crippen molar-refractivity contribution in [2.75, 3.05) is 0 Å². The Morgan fingerprint density at radius 3 is 2.11 bits per heavy atom. The van der Waals surface area contributed by atoms with Crippen LogP contribution in [0.3, 0.4) is 0 Å². The van der Waals surface area contributed by atoms with Gasteiger partial charge in [-0.1, -0.05) is 77.3 Å². The van der Waals surface area contributed by atoms with Crippen molar-refractivity contribution in [3.05, 3.63) is 37.0 Å². The number of unbranched alkanes of at least 4 members (excludes halogenated alkanes) is 6. The van der Waals surface area contributed by atoms with Crippen molar-refractivity contribution in [3.8, 4) is 0 Å². The van der Waals surface area contributed by atoms with Crippen LogP contribution in [0.15, 0.2) is 37.0 Å². The van der Waals surface area contributed by atoms with Gasteiger partial charge >= 0.3 is 5.97 Å². The molecule has 0 heterocycles. The van der Waals surface area contributed by atoms with Gasteiger partial charge in [-0.25, -0.2) is 4.79 Å². The first-order chi connectivity index (χ1) is 13.4. The Morgan fingerprint density at radius 1 is 1.00 bits per heavy atom. The summed E-state index contributed by atoms with van der Waals surface area (Å²) in [5.41, 5.74) is 4.32. The summed E-state index contributed by atoms with van der Waals surface area (Å²) >= 11 is 0. The number of rotatable bonds is 17. The summed E-state index contributed by atoms with van der Waals surface area (Å²) in [6, 6.07) is 0. The summed E-state index contributed by atoms with van der Waals surface area (Å²) in [5, 5.41) is 0. The molecule has 0 radical (unpaired) electrons. The molecule has 0 aliphatic carbocycles. The molecule has 28 heavy (non-hydrogen) atoms. The third-order valence-corrected chi connectivity index (χ3v) is 5.28. The van der Waals surface area contributed by atoms with E-state index in [1.54, 1.807) is 0 Å². The maximum atomic E-state index is 12.0. The van der Waals surface area contributed by atoms with Crippen molar-refractivity contribution >= 4 is 11.9 Å². The van der Waals surface area contributed by atoms with Crippen molar-refractivity contribution in [1.29, 1.82) is 0 Å². The minimum atomic E-state index is -1.24. The number of hydrogen-bond donors (Lipinski definition) is 1. The van der Waals surface area contributed by atoms with Crippen LogP contribution in [0.1, 0.15) is 91.4 Å². The van der Waals surface area contributed by atoms with E-state index >= 15 is 0 Å². The number of carbonyl (C=O) groups excluding carboxylic acids is 2. The van der Waals surface area contributed by atoms with Gasteiger partial charge in [0.2, 0.25) is 0 Å². The van der Waals surface area contributed by atoms with Crippen molar-refractivity contribution in [3.63, 3.8) is 0 Å². The van der Waals surface area contributed by atoms with Gasteiger partial charge in [0.05, 0.1) is 0 Å². The highest BCUT2D eigenvalue weighted by atomic mass is 16.6. The van der Waals surface area contributed by atoms with Crippen LogP contribution in [0.25, 0.3) is 0 Å². The second-order valence-corrected chi connectivity index (χ2v) is 7.45. The normalized spacial score (nSPS) is 14.8. The van der Waals surface area contributed by atoms with Crippen LogP contribution < -0.4 is 5.73 Å². The Labute approximate surface area is 172 Å². The molecule has 2 unspecified atom stereocenters. The molecule has 0 saturated heterocycles. The van der Waals surface area contributed by atoms with Gasteiger partial charge in [0.1, 0.15) is 0 Å². The van der Waals surface area contributed by atoms with Gasteiger partial charge < -0.3 is 10.5 Å². The molecule has 0 aliphatic heterocycles. The number of amides is 1. The Kier molecular flexibility index (Phi) is 15.1. The number of hydrogen-bond acceptors (Lipinski definition) is 3. The van der Waals surface area contributed by atoms with E-state index in [2.05, 4.69) is 37.8 Å². The van der Waals surface area contributed by atoms with Gasteiger partial charge in [0.25, 0.3) is 5.91 Å². The highest BCUT2D eigenvalue weighted by Crippen LogP contribution is 2.30. The van der Waals surface area contributed by atoms with Crippen molar-refractivity contribution in [1.82, 2.24) is 0 Å². The topological polar surface area (TPSA) is 69.4 Å². The predicted molar refractivity (Wildman–Crippen MR) is 118 cm³/mol. The zero-order valence-electron chi connectivity index (χ0n) is 18.3. The number of primary amides is 1. The first kappa shape index (κ1) is 26.2. The average Bonchev–Trinajstić information content (AvgIpc) is 2.68. The molecule has 160 valence electrons. The third kappa shape index (κ3) is 10.5. The van der Waals surface area contributed by atoms with Gasteiger partial charge in [0, 0.05) is 12.0 Å². The van der Waals surface area contributed by atoms with E-state index in [-0.39, 0.29) is 5.92 Å². The summed E-state index contributed by atoms with van der Waals surface area (Å²) in [5.74, 6) is -1.30. The van der Waals surface area contributed by atoms with Gasteiger partial charge in [-0.05, 0) is 44.9 Å². The van der Waals surface area contributed by atoms with Crippen LogP contribution >= 0.6 is 0 Å². The van der Waals surface area contributed by atoms with E-state index in [1.165, 1.54) is 25.7 Å². The summed E-state index contributed by atoms with van der Waals surface area (Å²) in [6.07, 6.45) is 21.5. The molecular weight excluding hydrogens is 350 g/mol. The van der Waals surface area contributed by atoms with Crippen LogP contribution in [0.5, 0.6) is 0 Å². The number of esters is 1. The van der Waals surface area contributed by atoms with Gasteiger partial charge in [-0.3, -0.25) is 4.79 Å². The van der Waals surface area contributed by atoms with E-state index in [4.69, 9.17) is 10.5 Å². The minimum Gasteiger partial charge on any atom is -0.446 e. The lowest BCUT2D eigenvalue weighted by atomic mass is 9.82. The Balaban J connectivity index is 4.10. The van der Waals surface area contributed by atoms with Gasteiger partial charge in [-0.15, -0.1) is 0 Å².